The fraction of sp³-hybridized carbons (Fsp3) is 0. The zero-order valence-corrected chi connectivity index (χ0v) is 13.7. The first-order valence-electron chi connectivity index (χ1n) is 7.33. The molecule has 8 heteroatoms. The second kappa shape index (κ2) is 8.25. The van der Waals surface area contributed by atoms with Crippen molar-refractivity contribution in [2.45, 2.75) is 0 Å². The van der Waals surface area contributed by atoms with Gasteiger partial charge in [0.15, 0.2) is 5.69 Å². The second-order valence-electron chi connectivity index (χ2n) is 4.81. The molecule has 1 heterocycles. The summed E-state index contributed by atoms with van der Waals surface area (Å²) >= 11 is 0. The van der Waals surface area contributed by atoms with E-state index in [0.717, 1.165) is 0 Å². The monoisotopic (exact) mass is 352 g/mol. The maximum absolute atomic E-state index is 12.1. The molecule has 0 saturated carbocycles. The van der Waals surface area contributed by atoms with Crippen molar-refractivity contribution in [3.8, 4) is 11.8 Å². The Hall–Kier alpha value is -3.94. The Morgan fingerprint density at radius 2 is 1.62 bits per heavy atom. The molecular weight excluding hydrogens is 336 g/mol. The molecule has 132 valence electrons. The Morgan fingerprint density at radius 1 is 1.00 bits per heavy atom. The molecule has 0 unspecified atom stereocenters. The van der Waals surface area contributed by atoms with Crippen molar-refractivity contribution in [3.05, 3.63) is 72.9 Å². The minimum Gasteiger partial charge on any atom is -0.401 e. The van der Waals surface area contributed by atoms with Gasteiger partial charge in [-0.2, -0.15) is 9.97 Å². The van der Waals surface area contributed by atoms with Crippen LogP contribution < -0.4 is 20.9 Å². The molecule has 0 aliphatic heterocycles. The Kier molecular flexibility index (Phi) is 5.83. The quantitative estimate of drug-likeness (QED) is 0.459. The van der Waals surface area contributed by atoms with E-state index in [1.165, 1.54) is 18.2 Å². The van der Waals surface area contributed by atoms with Crippen LogP contribution in [0.2, 0.25) is 0 Å². The largest absolute Gasteiger partial charge is 0.401 e. The summed E-state index contributed by atoms with van der Waals surface area (Å²) in [6.07, 6.45) is 4.07. The molecule has 0 amide bonds. The smallest absolute Gasteiger partial charge is 0.344 e. The van der Waals surface area contributed by atoms with Crippen LogP contribution in [0.25, 0.3) is 0 Å². The molecule has 0 radical (unpaired) electrons. The van der Waals surface area contributed by atoms with Crippen LogP contribution in [0.15, 0.2) is 67.3 Å². The van der Waals surface area contributed by atoms with Gasteiger partial charge in [0, 0.05) is 0 Å². The van der Waals surface area contributed by atoms with Crippen LogP contribution in [-0.2, 0) is 4.79 Å². The average molecular weight is 352 g/mol. The third-order valence-corrected chi connectivity index (χ3v) is 3.03. The molecule has 0 fully saturated rings. The summed E-state index contributed by atoms with van der Waals surface area (Å²) in [6.45, 7) is 6.98. The van der Waals surface area contributed by atoms with E-state index in [2.05, 4.69) is 23.1 Å². The highest BCUT2D eigenvalue weighted by molar-refractivity contribution is 5.94. The summed E-state index contributed by atoms with van der Waals surface area (Å²) in [6, 6.07) is 8.20. The summed E-state index contributed by atoms with van der Waals surface area (Å²) in [4.78, 5) is 31.7. The number of carbonyl (C=O) groups is 2. The molecule has 4 N–H and O–H groups in total. The van der Waals surface area contributed by atoms with E-state index in [9.17, 15) is 9.59 Å². The lowest BCUT2D eigenvalue weighted by Crippen LogP contribution is -2.16. The summed E-state index contributed by atoms with van der Waals surface area (Å²) in [5, 5.41) is 0. The topological polar surface area (TPSA) is 130 Å². The molecule has 0 spiro atoms. The number of allylic oxidation sites excluding steroid dienone is 2. The first-order chi connectivity index (χ1) is 12.5. The number of anilines is 2. The minimum absolute atomic E-state index is 0.124. The molecular formula is C18H16N4O4. The third-order valence-electron chi connectivity index (χ3n) is 3.03. The van der Waals surface area contributed by atoms with Gasteiger partial charge in [0.05, 0.1) is 11.1 Å². The van der Waals surface area contributed by atoms with E-state index in [0.29, 0.717) is 0 Å². The van der Waals surface area contributed by atoms with Gasteiger partial charge in [-0.25, -0.2) is 9.59 Å². The first-order valence-corrected chi connectivity index (χ1v) is 7.33. The molecule has 0 bridgehead atoms. The number of nitrogens with zero attached hydrogens (tertiary/aromatic N) is 2. The number of nitrogens with two attached hydrogens (primary N) is 2. The summed E-state index contributed by atoms with van der Waals surface area (Å²) in [7, 11) is 0. The number of hydrogen-bond acceptors (Lipinski definition) is 8. The molecule has 1 aromatic carbocycles. The zero-order valence-electron chi connectivity index (χ0n) is 13.7. The predicted octanol–water partition coefficient (Wildman–Crippen LogP) is 2.06. The van der Waals surface area contributed by atoms with Crippen molar-refractivity contribution in [2.24, 2.45) is 0 Å². The van der Waals surface area contributed by atoms with Crippen molar-refractivity contribution >= 4 is 23.6 Å². The van der Waals surface area contributed by atoms with E-state index in [-0.39, 0.29) is 34.5 Å². The van der Waals surface area contributed by atoms with Crippen molar-refractivity contribution in [2.75, 3.05) is 11.5 Å². The lowest BCUT2D eigenvalue weighted by molar-refractivity contribution is -0.130. The molecule has 2 rings (SSSR count). The zero-order chi connectivity index (χ0) is 19.1. The molecule has 0 aliphatic rings. The normalized spacial score (nSPS) is 10.7. The minimum atomic E-state index is -0.787. The molecule has 8 nitrogen and oxygen atoms in total. The number of carbonyl (C=O) groups excluding carboxylic acids is 2. The van der Waals surface area contributed by atoms with Gasteiger partial charge < -0.3 is 20.9 Å². The molecule has 26 heavy (non-hydrogen) atoms. The van der Waals surface area contributed by atoms with E-state index >= 15 is 0 Å². The van der Waals surface area contributed by atoms with Crippen molar-refractivity contribution < 1.29 is 19.1 Å². The van der Waals surface area contributed by atoms with Crippen molar-refractivity contribution in [3.63, 3.8) is 0 Å². The number of aromatic nitrogens is 2. The molecule has 0 aliphatic carbocycles. The van der Waals surface area contributed by atoms with Crippen LogP contribution in [0.5, 0.6) is 11.8 Å². The molecule has 0 atom stereocenters. The van der Waals surface area contributed by atoms with Crippen LogP contribution in [0.1, 0.15) is 10.4 Å². The maximum atomic E-state index is 12.1. The van der Waals surface area contributed by atoms with E-state index < -0.39 is 11.9 Å². The fourth-order valence-corrected chi connectivity index (χ4v) is 1.81. The number of benzene rings is 1. The van der Waals surface area contributed by atoms with Gasteiger partial charge in [0.25, 0.3) is 11.8 Å². The molecule has 0 saturated heterocycles. The van der Waals surface area contributed by atoms with Gasteiger partial charge in [0.1, 0.15) is 0 Å². The predicted molar refractivity (Wildman–Crippen MR) is 96.4 cm³/mol. The van der Waals surface area contributed by atoms with Gasteiger partial charge >= 0.3 is 11.9 Å². The Balaban J connectivity index is 2.29. The number of hydrogen-bond donors (Lipinski definition) is 2. The van der Waals surface area contributed by atoms with Gasteiger partial charge in [-0.15, -0.1) is 0 Å². The van der Waals surface area contributed by atoms with Crippen molar-refractivity contribution in [1.82, 2.24) is 9.97 Å². The highest BCUT2D eigenvalue weighted by Crippen LogP contribution is 2.30. The number of rotatable bonds is 6. The Bertz CT molecular complexity index is 892. The fourth-order valence-electron chi connectivity index (χ4n) is 1.81. The lowest BCUT2D eigenvalue weighted by Gasteiger charge is -2.11. The summed E-state index contributed by atoms with van der Waals surface area (Å²) in [5.74, 6) is -2.43. The van der Waals surface area contributed by atoms with Crippen LogP contribution in [0.3, 0.4) is 0 Å². The SMILES string of the molecule is C=C/C=C(\C=C)C(=O)Oc1nc(N)nc(OC(=O)c2ccccc2)c1N. The van der Waals surface area contributed by atoms with Crippen LogP contribution in [0.4, 0.5) is 11.6 Å². The molecule has 1 aromatic heterocycles. The van der Waals surface area contributed by atoms with Gasteiger partial charge in [-0.1, -0.05) is 43.5 Å². The highest BCUT2D eigenvalue weighted by atomic mass is 16.6. The molecule has 2 aromatic rings. The van der Waals surface area contributed by atoms with Gasteiger partial charge in [-0.05, 0) is 18.2 Å². The Morgan fingerprint density at radius 3 is 2.19 bits per heavy atom. The maximum Gasteiger partial charge on any atom is 0.344 e. The van der Waals surface area contributed by atoms with E-state index in [1.54, 1.807) is 30.3 Å². The van der Waals surface area contributed by atoms with Gasteiger partial charge in [0.2, 0.25) is 5.95 Å². The summed E-state index contributed by atoms with van der Waals surface area (Å²) in [5.41, 5.74) is 11.6. The van der Waals surface area contributed by atoms with E-state index in [1.807, 2.05) is 0 Å². The highest BCUT2D eigenvalue weighted by Gasteiger charge is 2.20. The standard InChI is InChI=1S/C18H16N4O4/c1-3-8-11(4-2)16(23)25-14-13(19)15(22-18(20)21-14)26-17(24)12-9-6-5-7-10-12/h3-10H,1-2,19H2,(H2,20,21,22)/b11-8+. The summed E-state index contributed by atoms with van der Waals surface area (Å²) < 4.78 is 10.2. The number of ether oxygens (including phenoxy) is 2. The van der Waals surface area contributed by atoms with Crippen LogP contribution in [-0.4, -0.2) is 21.9 Å². The first kappa shape index (κ1) is 18.4. The second-order valence-corrected chi connectivity index (χ2v) is 4.81. The Labute approximate surface area is 149 Å². The van der Waals surface area contributed by atoms with Gasteiger partial charge in [-0.3, -0.25) is 0 Å². The van der Waals surface area contributed by atoms with Crippen LogP contribution in [0, 0.1) is 0 Å². The lowest BCUT2D eigenvalue weighted by atomic mass is 10.2. The number of nitrogen functional groups attached to an aromatic ring is 2. The van der Waals surface area contributed by atoms with E-state index in [4.69, 9.17) is 20.9 Å². The van der Waals surface area contributed by atoms with Crippen molar-refractivity contribution in [1.29, 1.82) is 0 Å². The number of esters is 2. The van der Waals surface area contributed by atoms with Crippen LogP contribution >= 0.6 is 0 Å². The third kappa shape index (κ3) is 4.32. The average Bonchev–Trinajstić information content (AvgIpc) is 2.64.